The van der Waals surface area contributed by atoms with Gasteiger partial charge in [-0.15, -0.1) is 0 Å². The molecule has 0 saturated heterocycles. The first kappa shape index (κ1) is 11.3. The molecular weight excluding hydrogens is 168 g/mol. The zero-order chi connectivity index (χ0) is 10.6. The molecule has 1 fully saturated rings. The third kappa shape index (κ3) is 3.17. The molecule has 0 nitrogen and oxygen atoms in total. The van der Waals surface area contributed by atoms with Crippen LogP contribution in [0, 0.1) is 17.8 Å². The Morgan fingerprint density at radius 2 is 2.00 bits per heavy atom. The molecule has 0 bridgehead atoms. The van der Waals surface area contributed by atoms with Crippen LogP contribution in [0.25, 0.3) is 0 Å². The molecule has 0 heterocycles. The van der Waals surface area contributed by atoms with Gasteiger partial charge in [-0.05, 0) is 29.7 Å². The Labute approximate surface area is 88.4 Å². The van der Waals surface area contributed by atoms with Crippen molar-refractivity contribution < 1.29 is 0 Å². The summed E-state index contributed by atoms with van der Waals surface area (Å²) in [6.45, 7) is 8.42. The van der Waals surface area contributed by atoms with Crippen molar-refractivity contribution in [3.8, 4) is 0 Å². The lowest BCUT2D eigenvalue weighted by Gasteiger charge is -2.00. The van der Waals surface area contributed by atoms with Gasteiger partial charge in [0, 0.05) is 0 Å². The summed E-state index contributed by atoms with van der Waals surface area (Å²) < 4.78 is 0. The van der Waals surface area contributed by atoms with Gasteiger partial charge in [0.2, 0.25) is 0 Å². The zero-order valence-corrected chi connectivity index (χ0v) is 9.83. The molecule has 0 spiro atoms. The van der Waals surface area contributed by atoms with Gasteiger partial charge in [-0.2, -0.15) is 0 Å². The van der Waals surface area contributed by atoms with E-state index < -0.39 is 0 Å². The van der Waals surface area contributed by atoms with Crippen molar-refractivity contribution in [3.05, 3.63) is 36.0 Å². The maximum Gasteiger partial charge on any atom is -0.0155 e. The van der Waals surface area contributed by atoms with Crippen molar-refractivity contribution in [2.75, 3.05) is 0 Å². The molecule has 2 unspecified atom stereocenters. The van der Waals surface area contributed by atoms with Crippen LogP contribution in [-0.4, -0.2) is 0 Å². The summed E-state index contributed by atoms with van der Waals surface area (Å²) in [6, 6.07) is 0. The van der Waals surface area contributed by atoms with E-state index in [0.717, 1.165) is 11.8 Å². The van der Waals surface area contributed by atoms with Gasteiger partial charge in [0.15, 0.2) is 0 Å². The first-order valence-electron chi connectivity index (χ1n) is 5.84. The molecule has 0 N–H and O–H groups in total. The second-order valence-corrected chi connectivity index (χ2v) is 4.19. The van der Waals surface area contributed by atoms with Crippen LogP contribution in [0.4, 0.5) is 0 Å². The van der Waals surface area contributed by atoms with Crippen LogP contribution < -0.4 is 0 Å². The van der Waals surface area contributed by atoms with Crippen LogP contribution in [0.1, 0.15) is 34.1 Å². The lowest BCUT2D eigenvalue weighted by atomic mass is 10.1. The van der Waals surface area contributed by atoms with Crippen LogP contribution in [0.15, 0.2) is 36.0 Å². The third-order valence-corrected chi connectivity index (χ3v) is 2.51. The number of fused-ring (bicyclic) bond motifs is 1. The lowest BCUT2D eigenvalue weighted by molar-refractivity contribution is 0.830. The van der Waals surface area contributed by atoms with Crippen molar-refractivity contribution in [3.63, 3.8) is 0 Å². The highest BCUT2D eigenvalue weighted by Gasteiger charge is 2.34. The minimum absolute atomic E-state index is 0.663. The Morgan fingerprint density at radius 3 is 2.57 bits per heavy atom. The summed E-state index contributed by atoms with van der Waals surface area (Å²) in [5.74, 6) is 2.43. The van der Waals surface area contributed by atoms with Crippen LogP contribution in [0.3, 0.4) is 0 Å². The monoisotopic (exact) mass is 190 g/mol. The average Bonchev–Trinajstić information content (AvgIpc) is 2.95. The van der Waals surface area contributed by atoms with Crippen molar-refractivity contribution in [1.82, 2.24) is 0 Å². The largest absolute Gasteiger partial charge is 0.0814 e. The quantitative estimate of drug-likeness (QED) is 0.607. The van der Waals surface area contributed by atoms with E-state index >= 15 is 0 Å². The van der Waals surface area contributed by atoms with Gasteiger partial charge < -0.3 is 0 Å². The third-order valence-electron chi connectivity index (χ3n) is 2.51. The molecule has 0 aromatic carbocycles. The molecule has 1 saturated carbocycles. The first-order valence-corrected chi connectivity index (χ1v) is 5.84. The van der Waals surface area contributed by atoms with E-state index in [2.05, 4.69) is 44.2 Å². The number of rotatable bonds is 2. The van der Waals surface area contributed by atoms with Crippen LogP contribution in [-0.2, 0) is 0 Å². The van der Waals surface area contributed by atoms with E-state index in [1.807, 2.05) is 13.8 Å². The number of hydrogen-bond acceptors (Lipinski definition) is 0. The molecule has 2 aliphatic carbocycles. The number of hydrogen-bond donors (Lipinski definition) is 0. The summed E-state index contributed by atoms with van der Waals surface area (Å²) in [5.41, 5.74) is 1.41. The highest BCUT2D eigenvalue weighted by atomic mass is 14.4. The van der Waals surface area contributed by atoms with E-state index in [0.29, 0.717) is 5.92 Å². The molecule has 0 amide bonds. The zero-order valence-electron chi connectivity index (χ0n) is 9.83. The summed E-state index contributed by atoms with van der Waals surface area (Å²) in [6.07, 6.45) is 12.9. The van der Waals surface area contributed by atoms with Crippen LogP contribution >= 0.6 is 0 Å². The Balaban J connectivity index is 0.000000461. The smallest absolute Gasteiger partial charge is 0.0155 e. The summed E-state index contributed by atoms with van der Waals surface area (Å²) in [4.78, 5) is 0. The fraction of sp³-hybridized carbons (Fsp3) is 0.571. The Hall–Kier alpha value is -0.780. The highest BCUT2D eigenvalue weighted by molar-refractivity contribution is 5.38. The Morgan fingerprint density at radius 1 is 1.29 bits per heavy atom. The Bertz CT molecular complexity index is 253. The van der Waals surface area contributed by atoms with E-state index in [4.69, 9.17) is 0 Å². The lowest BCUT2D eigenvalue weighted by Crippen LogP contribution is -1.85. The summed E-state index contributed by atoms with van der Waals surface area (Å²) >= 11 is 0. The SMILES string of the molecule is CC.CC(C)/C=C/C1=CC2CC2C=C1. The predicted octanol–water partition coefficient (Wildman–Crippen LogP) is 4.36. The molecule has 0 heteroatoms. The summed E-state index contributed by atoms with van der Waals surface area (Å²) in [7, 11) is 0. The molecule has 2 aliphatic rings. The maximum absolute atomic E-state index is 2.41. The van der Waals surface area contributed by atoms with Gasteiger partial charge in [-0.25, -0.2) is 0 Å². The van der Waals surface area contributed by atoms with Crippen LogP contribution in [0.5, 0.6) is 0 Å². The van der Waals surface area contributed by atoms with Crippen molar-refractivity contribution in [1.29, 1.82) is 0 Å². The fourth-order valence-corrected chi connectivity index (χ4v) is 1.60. The van der Waals surface area contributed by atoms with Gasteiger partial charge >= 0.3 is 0 Å². The molecule has 78 valence electrons. The van der Waals surface area contributed by atoms with E-state index in [9.17, 15) is 0 Å². The molecule has 14 heavy (non-hydrogen) atoms. The van der Waals surface area contributed by atoms with Gasteiger partial charge in [-0.1, -0.05) is 58.1 Å². The second-order valence-electron chi connectivity index (χ2n) is 4.19. The predicted molar refractivity (Wildman–Crippen MR) is 64.1 cm³/mol. The van der Waals surface area contributed by atoms with Crippen molar-refractivity contribution >= 4 is 0 Å². The minimum atomic E-state index is 0.663. The van der Waals surface area contributed by atoms with Crippen molar-refractivity contribution in [2.45, 2.75) is 34.1 Å². The second kappa shape index (κ2) is 5.19. The molecule has 0 aromatic heterocycles. The van der Waals surface area contributed by atoms with E-state index in [1.165, 1.54) is 12.0 Å². The minimum Gasteiger partial charge on any atom is -0.0814 e. The molecule has 0 aliphatic heterocycles. The molecule has 2 rings (SSSR count). The normalized spacial score (nSPS) is 28.2. The Kier molecular flexibility index (Phi) is 4.19. The molecule has 0 radical (unpaired) electrons. The molecule has 2 atom stereocenters. The average molecular weight is 190 g/mol. The standard InChI is InChI=1S/C12H16.C2H6/c1-9(2)3-4-10-5-6-11-8-12(11)7-10;1-2/h3-7,9,11-12H,8H2,1-2H3;1-2H3/b4-3+;. The molecule has 0 aromatic rings. The summed E-state index contributed by atoms with van der Waals surface area (Å²) in [5, 5.41) is 0. The fourth-order valence-electron chi connectivity index (χ4n) is 1.60. The van der Waals surface area contributed by atoms with Gasteiger partial charge in [0.25, 0.3) is 0 Å². The number of allylic oxidation sites excluding steroid dienone is 6. The van der Waals surface area contributed by atoms with E-state index in [-0.39, 0.29) is 0 Å². The molecular formula is C14H22. The highest BCUT2D eigenvalue weighted by Crippen LogP contribution is 2.44. The topological polar surface area (TPSA) is 0 Å². The van der Waals surface area contributed by atoms with Crippen LogP contribution in [0.2, 0.25) is 0 Å². The van der Waals surface area contributed by atoms with E-state index in [1.54, 1.807) is 0 Å². The van der Waals surface area contributed by atoms with Gasteiger partial charge in [0.05, 0.1) is 0 Å². The first-order chi connectivity index (χ1) is 6.75. The van der Waals surface area contributed by atoms with Crippen molar-refractivity contribution in [2.24, 2.45) is 17.8 Å². The van der Waals surface area contributed by atoms with Gasteiger partial charge in [0.1, 0.15) is 0 Å². The van der Waals surface area contributed by atoms with Gasteiger partial charge in [-0.3, -0.25) is 0 Å². The maximum atomic E-state index is 2.41.